The maximum absolute atomic E-state index is 11.7. The van der Waals surface area contributed by atoms with Gasteiger partial charge in [-0.1, -0.05) is 34.1 Å². The van der Waals surface area contributed by atoms with Crippen LogP contribution < -0.4 is 5.21 Å². The quantitative estimate of drug-likeness (QED) is 0.528. The normalized spacial score (nSPS) is 17.9. The molecule has 0 N–H and O–H groups in total. The van der Waals surface area contributed by atoms with E-state index in [-0.39, 0.29) is 23.0 Å². The average molecular weight is 449 g/mol. The molecule has 7 heteroatoms. The molecule has 0 unspecified atom stereocenters. The van der Waals surface area contributed by atoms with Crippen molar-refractivity contribution in [3.8, 4) is 0 Å². The molecule has 1 aromatic heterocycles. The molecule has 26 heavy (non-hydrogen) atoms. The molecule has 1 amide bonds. The summed E-state index contributed by atoms with van der Waals surface area (Å²) in [6.07, 6.45) is 18.8. The Morgan fingerprint density at radius 2 is 1.65 bits per heavy atom. The molecule has 10 radical (unpaired) electrons. The van der Waals surface area contributed by atoms with Crippen molar-refractivity contribution >= 4 is 38.6 Å². The van der Waals surface area contributed by atoms with E-state index in [9.17, 15) is 4.79 Å². The average Bonchev–Trinajstić information content (AvgIpc) is 3.36. The first kappa shape index (κ1) is 21.1. The van der Waals surface area contributed by atoms with E-state index in [1.165, 1.54) is 6.08 Å². The Labute approximate surface area is 173 Å². The van der Waals surface area contributed by atoms with Crippen molar-refractivity contribution in [2.24, 2.45) is 0 Å². The van der Waals surface area contributed by atoms with Gasteiger partial charge in [0.1, 0.15) is 0 Å². The number of rotatable bonds is 3. The van der Waals surface area contributed by atoms with Gasteiger partial charge in [0.2, 0.25) is 0 Å². The fourth-order valence-electron chi connectivity index (χ4n) is 2.05. The molecule has 0 saturated heterocycles. The molecule has 2 aromatic rings. The summed E-state index contributed by atoms with van der Waals surface area (Å²) in [5.41, 5.74) is 1.87. The standard InChI is InChI=1S/C14H10N4O.C5H4Br.Fe/c19-14(8-5-10-3-1-2-4-10)15-11-6-7-12-13(9-11)17-18-16-12;6-5-3-1-2-4-5;/h1-9H,(H-,15,16,17,18,19);1-4H;/q-1;;+2/p-1/b8-5+;;. The van der Waals surface area contributed by atoms with Gasteiger partial charge < -0.3 is 25.5 Å². The number of nitrogens with zero attached hydrogens (tertiary/aromatic N) is 4. The van der Waals surface area contributed by atoms with Gasteiger partial charge in [-0.2, -0.15) is 0 Å². The van der Waals surface area contributed by atoms with Gasteiger partial charge >= 0.3 is 17.1 Å². The monoisotopic (exact) mass is 448 g/mol. The van der Waals surface area contributed by atoms with Crippen molar-refractivity contribution in [1.82, 2.24) is 15.4 Å². The van der Waals surface area contributed by atoms with Gasteiger partial charge in [0.05, 0.1) is 16.9 Å². The molecule has 2 fully saturated rings. The number of amides is 1. The first-order valence-corrected chi connectivity index (χ1v) is 8.28. The van der Waals surface area contributed by atoms with Crippen molar-refractivity contribution < 1.29 is 21.9 Å². The zero-order valence-electron chi connectivity index (χ0n) is 13.4. The molecule has 2 saturated carbocycles. The van der Waals surface area contributed by atoms with Crippen molar-refractivity contribution in [2.45, 2.75) is 0 Å². The molecule has 0 bridgehead atoms. The Balaban J connectivity index is 0.000000297. The predicted molar refractivity (Wildman–Crippen MR) is 99.8 cm³/mol. The van der Waals surface area contributed by atoms with E-state index in [2.05, 4.69) is 36.7 Å². The van der Waals surface area contributed by atoms with E-state index in [0.717, 1.165) is 10.7 Å². The second kappa shape index (κ2) is 10.9. The van der Waals surface area contributed by atoms with E-state index < -0.39 is 0 Å². The van der Waals surface area contributed by atoms with Crippen molar-refractivity contribution in [3.05, 3.63) is 97.8 Å². The molecule has 2 aliphatic carbocycles. The number of carbonyl (C=O) groups excluding carboxylic acids is 1. The maximum Gasteiger partial charge on any atom is 2.00 e. The summed E-state index contributed by atoms with van der Waals surface area (Å²) >= 11 is 3.28. The minimum Gasteiger partial charge on any atom is -0.623 e. The number of carbonyl (C=O) groups is 1. The molecule has 2 aliphatic rings. The van der Waals surface area contributed by atoms with Crippen molar-refractivity contribution in [3.63, 3.8) is 0 Å². The van der Waals surface area contributed by atoms with Crippen LogP contribution in [-0.4, -0.2) is 16.1 Å². The molecule has 130 valence electrons. The number of hydrogen-bond acceptors (Lipinski definition) is 3. The molecule has 1 heterocycles. The van der Waals surface area contributed by atoms with E-state index >= 15 is 0 Å². The maximum atomic E-state index is 11.7. The first-order chi connectivity index (χ1) is 12.2. The minimum absolute atomic E-state index is 0. The largest absolute Gasteiger partial charge is 2.00 e. The SMILES string of the molecule is Br[C]1[CH][CH][CH][CH]1.O=C(/C=C/[C]1[CH][CH][CH][CH]1)[N-]c1ccc2n[n-]nc2c1.[Fe+2]. The number of allylic oxidation sites excluding steroid dienone is 1. The van der Waals surface area contributed by atoms with E-state index in [0.29, 0.717) is 16.7 Å². The Morgan fingerprint density at radius 1 is 1.00 bits per heavy atom. The molecule has 5 nitrogen and oxygen atoms in total. The third kappa shape index (κ3) is 6.53. The summed E-state index contributed by atoms with van der Waals surface area (Å²) in [5, 5.41) is 15.1. The summed E-state index contributed by atoms with van der Waals surface area (Å²) in [6, 6.07) is 5.14. The Hall–Kier alpha value is -1.17. The van der Waals surface area contributed by atoms with Gasteiger partial charge in [0, 0.05) is 10.7 Å². The summed E-state index contributed by atoms with van der Waals surface area (Å²) < 4.78 is 0. The van der Waals surface area contributed by atoms with E-state index in [4.69, 9.17) is 0 Å². The van der Waals surface area contributed by atoms with Crippen molar-refractivity contribution in [1.29, 1.82) is 0 Å². The third-order valence-electron chi connectivity index (χ3n) is 3.23. The Bertz CT molecular complexity index is 721. The molecule has 0 atom stereocenters. The molecule has 0 spiro atoms. The van der Waals surface area contributed by atoms with Crippen LogP contribution >= 0.6 is 15.9 Å². The van der Waals surface area contributed by atoms with Crippen LogP contribution in [0.15, 0.2) is 30.4 Å². The molecule has 0 aliphatic heterocycles. The van der Waals surface area contributed by atoms with Crippen LogP contribution in [0.25, 0.3) is 16.4 Å². The van der Waals surface area contributed by atoms with Gasteiger partial charge in [0.15, 0.2) is 0 Å². The second-order valence-corrected chi connectivity index (χ2v) is 5.98. The van der Waals surface area contributed by atoms with Crippen LogP contribution in [-0.2, 0) is 21.9 Å². The van der Waals surface area contributed by atoms with Gasteiger partial charge in [-0.05, 0) is 63.5 Å². The number of fused-ring (bicyclic) bond motifs is 1. The Kier molecular flexibility index (Phi) is 8.82. The van der Waals surface area contributed by atoms with Crippen LogP contribution in [0, 0.1) is 62.1 Å². The summed E-state index contributed by atoms with van der Waals surface area (Å²) in [7, 11) is 0. The summed E-state index contributed by atoms with van der Waals surface area (Å²) in [5.74, 6) is 0.665. The third-order valence-corrected chi connectivity index (χ3v) is 3.76. The van der Waals surface area contributed by atoms with Crippen LogP contribution in [0.3, 0.4) is 0 Å². The topological polar surface area (TPSA) is 71.1 Å². The van der Waals surface area contributed by atoms with Crippen LogP contribution in [0.1, 0.15) is 0 Å². The second-order valence-electron chi connectivity index (χ2n) is 5.07. The van der Waals surface area contributed by atoms with Gasteiger partial charge in [-0.3, -0.25) is 0 Å². The zero-order chi connectivity index (χ0) is 17.5. The fraction of sp³-hybridized carbons (Fsp3) is 0. The number of benzene rings is 1. The van der Waals surface area contributed by atoms with Crippen molar-refractivity contribution in [2.75, 3.05) is 0 Å². The van der Waals surface area contributed by atoms with Gasteiger partial charge in [-0.25, -0.2) is 0 Å². The smallest absolute Gasteiger partial charge is 0.623 e. The number of hydrogen-bond donors (Lipinski definition) is 0. The molecular formula is C19H13BrFeN4O. The first-order valence-electron chi connectivity index (χ1n) is 7.49. The van der Waals surface area contributed by atoms with E-state index in [1.54, 1.807) is 24.3 Å². The van der Waals surface area contributed by atoms with E-state index in [1.807, 2.05) is 51.4 Å². The fourth-order valence-corrected chi connectivity index (χ4v) is 2.35. The van der Waals surface area contributed by atoms with Gasteiger partial charge in [-0.15, -0.1) is 5.69 Å². The summed E-state index contributed by atoms with van der Waals surface area (Å²) in [4.78, 5) is 12.8. The Morgan fingerprint density at radius 3 is 2.31 bits per heavy atom. The summed E-state index contributed by atoms with van der Waals surface area (Å²) in [6.45, 7) is 0. The predicted octanol–water partition coefficient (Wildman–Crippen LogP) is 3.82. The molecular weight excluding hydrogens is 436 g/mol. The minimum atomic E-state index is -0.312. The molecule has 1 aromatic carbocycles. The zero-order valence-corrected chi connectivity index (χ0v) is 16.1. The molecule has 4 rings (SSSR count). The number of aromatic nitrogens is 3. The number of halogens is 1. The van der Waals surface area contributed by atoms with Gasteiger partial charge in [0.25, 0.3) is 0 Å². The van der Waals surface area contributed by atoms with Crippen LogP contribution in [0.2, 0.25) is 0 Å². The van der Waals surface area contributed by atoms with Crippen LogP contribution in [0.4, 0.5) is 5.69 Å². The van der Waals surface area contributed by atoms with Crippen LogP contribution in [0.5, 0.6) is 0 Å².